The average Bonchev–Trinajstić information content (AvgIpc) is 2.37. The van der Waals surface area contributed by atoms with Crippen molar-refractivity contribution in [2.24, 2.45) is 5.73 Å². The quantitative estimate of drug-likeness (QED) is 0.582. The number of benzene rings is 1. The van der Waals surface area contributed by atoms with Crippen molar-refractivity contribution >= 4 is 8.07 Å². The minimum atomic E-state index is -1.81. The zero-order valence-electron chi connectivity index (χ0n) is 15.0. The van der Waals surface area contributed by atoms with Gasteiger partial charge in [0.15, 0.2) is 0 Å². The molecule has 0 aliphatic carbocycles. The Morgan fingerprint density at radius 1 is 0.955 bits per heavy atom. The monoisotopic (exact) mass is 319 g/mol. The minimum Gasteiger partial charge on any atom is -0.324 e. The van der Waals surface area contributed by atoms with Gasteiger partial charge in [-0.05, 0) is 41.2 Å². The van der Waals surface area contributed by atoms with Crippen LogP contribution in [-0.2, 0) is 0 Å². The lowest BCUT2D eigenvalue weighted by molar-refractivity contribution is 0.625. The maximum Gasteiger partial charge on any atom is 0.146 e. The molecule has 0 bridgehead atoms. The van der Waals surface area contributed by atoms with Crippen molar-refractivity contribution in [3.8, 4) is 11.5 Å². The molecule has 0 radical (unpaired) electrons. The average molecular weight is 320 g/mol. The number of hydrogen-bond donors (Lipinski definition) is 1. The fourth-order valence-corrected chi connectivity index (χ4v) is 8.86. The van der Waals surface area contributed by atoms with E-state index in [4.69, 9.17) is 5.73 Å². The van der Waals surface area contributed by atoms with E-state index >= 15 is 0 Å². The molecule has 0 aliphatic rings. The molecular formula is C19H30FNSi. The van der Waals surface area contributed by atoms with Crippen molar-refractivity contribution in [1.82, 2.24) is 0 Å². The van der Waals surface area contributed by atoms with Crippen LogP contribution in [0.2, 0.25) is 16.6 Å². The normalized spacial score (nSPS) is 13.5. The lowest BCUT2D eigenvalue weighted by Crippen LogP contribution is -2.43. The van der Waals surface area contributed by atoms with Crippen LogP contribution in [-0.4, -0.2) is 8.07 Å². The molecule has 1 rings (SSSR count). The summed E-state index contributed by atoms with van der Waals surface area (Å²) in [7, 11) is -1.81. The SMILES string of the molecule is CC(N)c1ccc(F)cc1C#C[Si](C(C)C)(C(C)C)C(C)C. The Balaban J connectivity index is 3.45. The summed E-state index contributed by atoms with van der Waals surface area (Å²) in [6.45, 7) is 15.6. The Morgan fingerprint density at radius 2 is 1.45 bits per heavy atom. The highest BCUT2D eigenvalue weighted by Gasteiger charge is 2.41. The summed E-state index contributed by atoms with van der Waals surface area (Å²) in [5.41, 5.74) is 13.0. The smallest absolute Gasteiger partial charge is 0.146 e. The van der Waals surface area contributed by atoms with E-state index in [9.17, 15) is 4.39 Å². The van der Waals surface area contributed by atoms with E-state index in [1.807, 2.05) is 6.92 Å². The summed E-state index contributed by atoms with van der Waals surface area (Å²) in [4.78, 5) is 0. The van der Waals surface area contributed by atoms with Crippen molar-refractivity contribution in [2.75, 3.05) is 0 Å². The van der Waals surface area contributed by atoms with E-state index in [0.717, 1.165) is 11.1 Å². The molecule has 0 heterocycles. The van der Waals surface area contributed by atoms with Crippen LogP contribution >= 0.6 is 0 Å². The molecule has 0 aliphatic heterocycles. The van der Waals surface area contributed by atoms with Crippen LogP contribution in [0.15, 0.2) is 18.2 Å². The molecule has 2 N–H and O–H groups in total. The van der Waals surface area contributed by atoms with Crippen molar-refractivity contribution in [3.63, 3.8) is 0 Å². The molecule has 0 saturated carbocycles. The van der Waals surface area contributed by atoms with Crippen LogP contribution in [0.25, 0.3) is 0 Å². The van der Waals surface area contributed by atoms with Crippen LogP contribution < -0.4 is 5.73 Å². The molecule has 122 valence electrons. The highest BCUT2D eigenvalue weighted by molar-refractivity contribution is 6.90. The molecule has 1 aromatic carbocycles. The van der Waals surface area contributed by atoms with Gasteiger partial charge in [-0.2, -0.15) is 0 Å². The standard InChI is InChI=1S/C19H30FNSi/c1-13(2)22(14(3)4,15(5)6)11-10-17-12-18(20)8-9-19(17)16(7)21/h8-9,12-16H,21H2,1-7H3. The Bertz CT molecular complexity index is 543. The minimum absolute atomic E-state index is 0.141. The van der Waals surface area contributed by atoms with Crippen molar-refractivity contribution in [3.05, 3.63) is 35.1 Å². The number of halogens is 1. The molecule has 1 atom stereocenters. The molecular weight excluding hydrogens is 289 g/mol. The van der Waals surface area contributed by atoms with Gasteiger partial charge in [0.05, 0.1) is 0 Å². The molecule has 1 nitrogen and oxygen atoms in total. The molecule has 0 spiro atoms. The summed E-state index contributed by atoms with van der Waals surface area (Å²) >= 11 is 0. The second-order valence-corrected chi connectivity index (χ2v) is 12.7. The number of rotatable bonds is 4. The van der Waals surface area contributed by atoms with Gasteiger partial charge in [-0.15, -0.1) is 5.54 Å². The van der Waals surface area contributed by atoms with E-state index < -0.39 is 8.07 Å². The van der Waals surface area contributed by atoms with Gasteiger partial charge in [0.2, 0.25) is 0 Å². The van der Waals surface area contributed by atoms with Crippen LogP contribution in [0, 0.1) is 17.3 Å². The summed E-state index contributed by atoms with van der Waals surface area (Å²) in [6.07, 6.45) is 0. The number of nitrogens with two attached hydrogens (primary N) is 1. The molecule has 22 heavy (non-hydrogen) atoms. The van der Waals surface area contributed by atoms with Crippen LogP contribution in [0.4, 0.5) is 4.39 Å². The van der Waals surface area contributed by atoms with Gasteiger partial charge in [-0.1, -0.05) is 53.5 Å². The maximum atomic E-state index is 13.6. The molecule has 3 heteroatoms. The zero-order valence-corrected chi connectivity index (χ0v) is 16.0. The first-order chi connectivity index (χ1) is 10.1. The first kappa shape index (κ1) is 18.9. The van der Waals surface area contributed by atoms with Gasteiger partial charge in [0.25, 0.3) is 0 Å². The van der Waals surface area contributed by atoms with Crippen molar-refractivity contribution in [2.45, 2.75) is 71.1 Å². The van der Waals surface area contributed by atoms with Gasteiger partial charge < -0.3 is 5.73 Å². The van der Waals surface area contributed by atoms with E-state index in [1.165, 1.54) is 12.1 Å². The molecule has 0 saturated heterocycles. The summed E-state index contributed by atoms with van der Waals surface area (Å²) < 4.78 is 13.6. The lowest BCUT2D eigenvalue weighted by Gasteiger charge is -2.38. The third kappa shape index (κ3) is 3.80. The fraction of sp³-hybridized carbons (Fsp3) is 0.579. The van der Waals surface area contributed by atoms with Gasteiger partial charge in [0.1, 0.15) is 13.9 Å². The molecule has 0 amide bonds. The van der Waals surface area contributed by atoms with E-state index in [2.05, 4.69) is 53.0 Å². The van der Waals surface area contributed by atoms with Crippen molar-refractivity contribution in [1.29, 1.82) is 0 Å². The van der Waals surface area contributed by atoms with E-state index in [-0.39, 0.29) is 11.9 Å². The van der Waals surface area contributed by atoms with Crippen LogP contribution in [0.3, 0.4) is 0 Å². The molecule has 1 aromatic rings. The van der Waals surface area contributed by atoms with Crippen LogP contribution in [0.5, 0.6) is 0 Å². The van der Waals surface area contributed by atoms with E-state index in [0.29, 0.717) is 16.6 Å². The molecule has 1 unspecified atom stereocenters. The first-order valence-corrected chi connectivity index (χ1v) is 10.4. The van der Waals surface area contributed by atoms with Gasteiger partial charge >= 0.3 is 0 Å². The maximum absolute atomic E-state index is 13.6. The summed E-state index contributed by atoms with van der Waals surface area (Å²) in [5, 5.41) is 0. The lowest BCUT2D eigenvalue weighted by atomic mass is 10.0. The Labute approximate surface area is 136 Å². The van der Waals surface area contributed by atoms with Crippen molar-refractivity contribution < 1.29 is 4.39 Å². The number of hydrogen-bond acceptors (Lipinski definition) is 1. The Morgan fingerprint density at radius 3 is 1.86 bits per heavy atom. The van der Waals surface area contributed by atoms with Crippen LogP contribution in [0.1, 0.15) is 65.6 Å². The summed E-state index contributed by atoms with van der Waals surface area (Å²) in [5.74, 6) is 3.06. The summed E-state index contributed by atoms with van der Waals surface area (Å²) in [6, 6.07) is 4.60. The first-order valence-electron chi connectivity index (χ1n) is 8.21. The predicted octanol–water partition coefficient (Wildman–Crippen LogP) is 5.41. The highest BCUT2D eigenvalue weighted by Crippen LogP contribution is 2.40. The Kier molecular flexibility index (Phi) is 6.40. The fourth-order valence-electron chi connectivity index (χ4n) is 3.64. The largest absolute Gasteiger partial charge is 0.324 e. The third-order valence-electron chi connectivity index (χ3n) is 4.79. The Hall–Kier alpha value is -1.11. The topological polar surface area (TPSA) is 26.0 Å². The third-order valence-corrected chi connectivity index (χ3v) is 11.1. The highest BCUT2D eigenvalue weighted by atomic mass is 28.3. The predicted molar refractivity (Wildman–Crippen MR) is 96.9 cm³/mol. The van der Waals surface area contributed by atoms with Gasteiger partial charge in [-0.3, -0.25) is 0 Å². The second-order valence-electron chi connectivity index (χ2n) is 7.17. The van der Waals surface area contributed by atoms with Gasteiger partial charge in [0, 0.05) is 11.6 Å². The van der Waals surface area contributed by atoms with Gasteiger partial charge in [-0.25, -0.2) is 4.39 Å². The molecule has 0 aromatic heterocycles. The molecule has 0 fully saturated rings. The van der Waals surface area contributed by atoms with E-state index in [1.54, 1.807) is 6.07 Å². The second kappa shape index (κ2) is 7.44. The zero-order chi connectivity index (χ0) is 17.1.